The van der Waals surface area contributed by atoms with Gasteiger partial charge in [0.2, 0.25) is 5.91 Å². The summed E-state index contributed by atoms with van der Waals surface area (Å²) in [5, 5.41) is 2.86. The van der Waals surface area contributed by atoms with Crippen LogP contribution in [0.3, 0.4) is 0 Å². The summed E-state index contributed by atoms with van der Waals surface area (Å²) in [6.07, 6.45) is 5.72. The Labute approximate surface area is 141 Å². The molecule has 0 aliphatic carbocycles. The molecule has 5 nitrogen and oxygen atoms in total. The van der Waals surface area contributed by atoms with E-state index in [4.69, 9.17) is 4.42 Å². The SMILES string of the molecule is O=C(CCc1ccco1)Nc1ccccc1C(=O)N1CCCCC1. The summed E-state index contributed by atoms with van der Waals surface area (Å²) in [5.41, 5.74) is 1.14. The zero-order valence-corrected chi connectivity index (χ0v) is 13.7. The number of nitrogens with one attached hydrogen (secondary N) is 1. The molecule has 0 unspecified atom stereocenters. The predicted molar refractivity (Wildman–Crippen MR) is 91.9 cm³/mol. The van der Waals surface area contributed by atoms with Crippen molar-refractivity contribution in [2.45, 2.75) is 32.1 Å². The van der Waals surface area contributed by atoms with Gasteiger partial charge >= 0.3 is 0 Å². The van der Waals surface area contributed by atoms with Gasteiger partial charge in [0.25, 0.3) is 5.91 Å². The number of benzene rings is 1. The summed E-state index contributed by atoms with van der Waals surface area (Å²) >= 11 is 0. The minimum Gasteiger partial charge on any atom is -0.469 e. The van der Waals surface area contributed by atoms with Crippen LogP contribution in [0.1, 0.15) is 41.8 Å². The molecule has 0 radical (unpaired) electrons. The van der Waals surface area contributed by atoms with Crippen molar-refractivity contribution in [3.63, 3.8) is 0 Å². The lowest BCUT2D eigenvalue weighted by molar-refractivity contribution is -0.116. The summed E-state index contributed by atoms with van der Waals surface area (Å²) in [7, 11) is 0. The van der Waals surface area contributed by atoms with Crippen LogP contribution in [-0.4, -0.2) is 29.8 Å². The second kappa shape index (κ2) is 7.81. The lowest BCUT2D eigenvalue weighted by atomic mass is 10.1. The van der Waals surface area contributed by atoms with E-state index in [2.05, 4.69) is 5.32 Å². The van der Waals surface area contributed by atoms with Gasteiger partial charge in [0.05, 0.1) is 17.5 Å². The highest BCUT2D eigenvalue weighted by Crippen LogP contribution is 2.20. The lowest BCUT2D eigenvalue weighted by Gasteiger charge is -2.27. The van der Waals surface area contributed by atoms with Gasteiger partial charge in [-0.2, -0.15) is 0 Å². The molecule has 0 saturated carbocycles. The summed E-state index contributed by atoms with van der Waals surface area (Å²) in [6.45, 7) is 1.58. The number of carbonyl (C=O) groups is 2. The van der Waals surface area contributed by atoms with Crippen LogP contribution in [-0.2, 0) is 11.2 Å². The fraction of sp³-hybridized carbons (Fsp3) is 0.368. The first kappa shape index (κ1) is 16.3. The Balaban J connectivity index is 1.64. The molecule has 0 spiro atoms. The zero-order valence-electron chi connectivity index (χ0n) is 13.7. The first-order valence-corrected chi connectivity index (χ1v) is 8.44. The van der Waals surface area contributed by atoms with Crippen LogP contribution in [0.2, 0.25) is 0 Å². The Morgan fingerprint density at radius 2 is 1.83 bits per heavy atom. The molecule has 1 aromatic carbocycles. The molecule has 1 aliphatic rings. The number of nitrogens with zero attached hydrogens (tertiary/aromatic N) is 1. The van der Waals surface area contributed by atoms with E-state index in [1.165, 1.54) is 6.42 Å². The third-order valence-electron chi connectivity index (χ3n) is 4.25. The molecule has 1 aliphatic heterocycles. The van der Waals surface area contributed by atoms with E-state index in [1.54, 1.807) is 24.5 Å². The van der Waals surface area contributed by atoms with E-state index in [-0.39, 0.29) is 11.8 Å². The smallest absolute Gasteiger partial charge is 0.255 e. The van der Waals surface area contributed by atoms with Crippen molar-refractivity contribution in [1.29, 1.82) is 0 Å². The van der Waals surface area contributed by atoms with Gasteiger partial charge in [0.15, 0.2) is 0 Å². The second-order valence-corrected chi connectivity index (χ2v) is 6.03. The van der Waals surface area contributed by atoms with E-state index in [0.717, 1.165) is 31.7 Å². The summed E-state index contributed by atoms with van der Waals surface area (Å²) in [5.74, 6) is 0.657. The molecule has 1 N–H and O–H groups in total. The highest BCUT2D eigenvalue weighted by Gasteiger charge is 2.21. The number of piperidine rings is 1. The van der Waals surface area contributed by atoms with Gasteiger partial charge in [-0.15, -0.1) is 0 Å². The fourth-order valence-corrected chi connectivity index (χ4v) is 2.95. The van der Waals surface area contributed by atoms with Gasteiger partial charge in [-0.3, -0.25) is 9.59 Å². The summed E-state index contributed by atoms with van der Waals surface area (Å²) in [6, 6.07) is 10.9. The zero-order chi connectivity index (χ0) is 16.8. The van der Waals surface area contributed by atoms with Crippen molar-refractivity contribution in [1.82, 2.24) is 4.90 Å². The average molecular weight is 326 g/mol. The number of likely N-dealkylation sites (tertiary alicyclic amines) is 1. The van der Waals surface area contributed by atoms with Crippen LogP contribution in [0.15, 0.2) is 47.1 Å². The molecule has 1 saturated heterocycles. The van der Waals surface area contributed by atoms with Gasteiger partial charge < -0.3 is 14.6 Å². The van der Waals surface area contributed by atoms with E-state index in [9.17, 15) is 9.59 Å². The molecule has 24 heavy (non-hydrogen) atoms. The molecule has 2 heterocycles. The number of para-hydroxylation sites is 1. The molecular weight excluding hydrogens is 304 g/mol. The van der Waals surface area contributed by atoms with Crippen LogP contribution in [0.5, 0.6) is 0 Å². The van der Waals surface area contributed by atoms with Gasteiger partial charge in [0.1, 0.15) is 5.76 Å². The average Bonchev–Trinajstić information content (AvgIpc) is 3.14. The second-order valence-electron chi connectivity index (χ2n) is 6.03. The molecule has 5 heteroatoms. The Bertz CT molecular complexity index is 688. The number of amides is 2. The lowest BCUT2D eigenvalue weighted by Crippen LogP contribution is -2.36. The van der Waals surface area contributed by atoms with Gasteiger partial charge in [-0.1, -0.05) is 12.1 Å². The maximum Gasteiger partial charge on any atom is 0.255 e. The molecule has 3 rings (SSSR count). The highest BCUT2D eigenvalue weighted by molar-refractivity contribution is 6.03. The maximum absolute atomic E-state index is 12.7. The van der Waals surface area contributed by atoms with Crippen molar-refractivity contribution < 1.29 is 14.0 Å². The predicted octanol–water partition coefficient (Wildman–Crippen LogP) is 3.48. The van der Waals surface area contributed by atoms with Crippen LogP contribution < -0.4 is 5.32 Å². The molecule has 2 aromatic rings. The normalized spacial score (nSPS) is 14.4. The Hall–Kier alpha value is -2.56. The highest BCUT2D eigenvalue weighted by atomic mass is 16.3. The standard InChI is InChI=1S/C19H22N2O3/c22-18(11-10-15-7-6-14-24-15)20-17-9-3-2-8-16(17)19(23)21-12-4-1-5-13-21/h2-3,6-9,14H,1,4-5,10-13H2,(H,20,22). The van der Waals surface area contributed by atoms with E-state index in [0.29, 0.717) is 24.1 Å². The quantitative estimate of drug-likeness (QED) is 0.915. The summed E-state index contributed by atoms with van der Waals surface area (Å²) < 4.78 is 5.23. The minimum atomic E-state index is -0.120. The molecule has 1 aromatic heterocycles. The maximum atomic E-state index is 12.7. The van der Waals surface area contributed by atoms with Gasteiger partial charge in [0, 0.05) is 25.9 Å². The van der Waals surface area contributed by atoms with Gasteiger partial charge in [-0.05, 0) is 43.5 Å². The number of hydrogen-bond acceptors (Lipinski definition) is 3. The van der Waals surface area contributed by atoms with Crippen molar-refractivity contribution in [2.75, 3.05) is 18.4 Å². The van der Waals surface area contributed by atoms with Gasteiger partial charge in [-0.25, -0.2) is 0 Å². The molecule has 0 bridgehead atoms. The van der Waals surface area contributed by atoms with Crippen molar-refractivity contribution >= 4 is 17.5 Å². The third kappa shape index (κ3) is 4.04. The van der Waals surface area contributed by atoms with E-state index in [1.807, 2.05) is 23.1 Å². The number of furan rings is 1. The van der Waals surface area contributed by atoms with Crippen molar-refractivity contribution in [3.05, 3.63) is 54.0 Å². The van der Waals surface area contributed by atoms with Crippen LogP contribution in [0.4, 0.5) is 5.69 Å². The number of hydrogen-bond donors (Lipinski definition) is 1. The minimum absolute atomic E-state index is 0.00312. The van der Waals surface area contributed by atoms with Crippen molar-refractivity contribution in [2.24, 2.45) is 0 Å². The third-order valence-corrected chi connectivity index (χ3v) is 4.25. The molecule has 2 amide bonds. The van der Waals surface area contributed by atoms with Crippen molar-refractivity contribution in [3.8, 4) is 0 Å². The van der Waals surface area contributed by atoms with Crippen LogP contribution in [0.25, 0.3) is 0 Å². The fourth-order valence-electron chi connectivity index (χ4n) is 2.95. The first-order chi connectivity index (χ1) is 11.7. The Morgan fingerprint density at radius 3 is 2.58 bits per heavy atom. The van der Waals surface area contributed by atoms with E-state index >= 15 is 0 Å². The van der Waals surface area contributed by atoms with E-state index < -0.39 is 0 Å². The largest absolute Gasteiger partial charge is 0.469 e. The Morgan fingerprint density at radius 1 is 1.04 bits per heavy atom. The first-order valence-electron chi connectivity index (χ1n) is 8.44. The number of aryl methyl sites for hydroxylation is 1. The number of rotatable bonds is 5. The number of carbonyl (C=O) groups excluding carboxylic acids is 2. The monoisotopic (exact) mass is 326 g/mol. The summed E-state index contributed by atoms with van der Waals surface area (Å²) in [4.78, 5) is 26.8. The topological polar surface area (TPSA) is 62.6 Å². The number of anilines is 1. The Kier molecular flexibility index (Phi) is 5.31. The molecular formula is C19H22N2O3. The van der Waals surface area contributed by atoms with Crippen LogP contribution >= 0.6 is 0 Å². The molecule has 1 fully saturated rings. The van der Waals surface area contributed by atoms with Crippen LogP contribution in [0, 0.1) is 0 Å². The molecule has 126 valence electrons. The molecule has 0 atom stereocenters.